The number of nitrogens with zero attached hydrogens (tertiary/aromatic N) is 10. The number of morpholine rings is 4. The Kier molecular flexibility index (Phi) is 20.2. The van der Waals surface area contributed by atoms with E-state index in [1.165, 1.54) is 11.1 Å². The summed E-state index contributed by atoms with van der Waals surface area (Å²) < 4.78 is 33.9. The van der Waals surface area contributed by atoms with E-state index in [1.54, 1.807) is 12.4 Å². The van der Waals surface area contributed by atoms with Crippen molar-refractivity contribution in [1.82, 2.24) is 29.9 Å². The number of aromatic nitrogens is 6. The van der Waals surface area contributed by atoms with Crippen LogP contribution in [-0.2, 0) is 61.5 Å². The van der Waals surface area contributed by atoms with Gasteiger partial charge in [0.25, 0.3) is 0 Å². The summed E-state index contributed by atoms with van der Waals surface area (Å²) in [6.07, 6.45) is 5.15. The average Bonchev–Trinajstić information content (AvgIpc) is 3.92. The summed E-state index contributed by atoms with van der Waals surface area (Å²) in [4.78, 5) is 36.0. The first-order valence-electron chi connectivity index (χ1n) is 21.5. The molecule has 7 aliphatic heterocycles. The summed E-state index contributed by atoms with van der Waals surface area (Å²) >= 11 is 6.14. The maximum atomic E-state index is 6.14. The van der Waals surface area contributed by atoms with Crippen LogP contribution in [0.25, 0.3) is 11.4 Å². The third-order valence-electron chi connectivity index (χ3n) is 12.8. The topological polar surface area (TPSA) is 198 Å². The SMILES string of the molecule is CC1(C)OB(c2cnc(N)nc2)OC1(C)C.Clc1nc(N2CCOCC2)c2c(n1)N1CCOCC1C2.Nc1ccc(-c2nc(N3CCOCC3)c3c(n2)N2CCOCC2C3)cc1.S.S.[CH3-].[CH3-].[Pd+2]. The molecule has 11 rings (SSSR count). The van der Waals surface area contributed by atoms with Crippen LogP contribution < -0.4 is 36.5 Å². The van der Waals surface area contributed by atoms with Gasteiger partial charge >= 0.3 is 27.5 Å². The van der Waals surface area contributed by atoms with Crippen molar-refractivity contribution in [3.8, 4) is 11.4 Å². The van der Waals surface area contributed by atoms with Gasteiger partial charge in [0, 0.05) is 92.3 Å². The molecule has 0 spiro atoms. The third-order valence-corrected chi connectivity index (χ3v) is 13.0. The number of nitrogen functional groups attached to an aromatic ring is 2. The van der Waals surface area contributed by atoms with E-state index >= 15 is 0 Å². The summed E-state index contributed by atoms with van der Waals surface area (Å²) in [5.41, 5.74) is 15.6. The maximum Gasteiger partial charge on any atom is 2.00 e. The summed E-state index contributed by atoms with van der Waals surface area (Å²) in [6, 6.07) is 8.54. The standard InChI is InChI=1S/C19H23N5O2.C13H17ClN4O2.C10H16BN3O2.2CH3.Pd.2H2S/c20-14-3-1-13(2-4-14)17-21-18(23-5-8-25-9-6-23)16-11-15-12-26-10-7-24(15)19(16)22-17;14-13-15-11(17-1-4-19-5-2-17)10-7-9-8-20-6-3-18(9)12(10)16-13;1-9(2)10(3,4)16-11(15-9)7-5-13-8(12)14-6-7;;;;;/h1-4,15H,5-12,20H2;9H,1-8H2;5-6H,1-4H3,(H2,12,13,14);2*1H3;;2*1H2/q;;;2*-1;+2;;. The van der Waals surface area contributed by atoms with Crippen LogP contribution in [0.2, 0.25) is 5.28 Å². The van der Waals surface area contributed by atoms with Crippen LogP contribution in [0.1, 0.15) is 38.8 Å². The number of rotatable bonds is 4. The Bertz CT molecular complexity index is 2200. The smallest absolute Gasteiger partial charge is 0.399 e. The minimum Gasteiger partial charge on any atom is -0.399 e. The summed E-state index contributed by atoms with van der Waals surface area (Å²) in [5, 5.41) is 0.331. The van der Waals surface area contributed by atoms with Gasteiger partial charge in [-0.1, -0.05) is 0 Å². The van der Waals surface area contributed by atoms with Crippen molar-refractivity contribution in [3.63, 3.8) is 0 Å². The first-order chi connectivity index (χ1) is 29.9. The Morgan fingerprint density at radius 1 is 0.612 bits per heavy atom. The second-order valence-electron chi connectivity index (χ2n) is 17.3. The van der Waals surface area contributed by atoms with E-state index in [9.17, 15) is 0 Å². The second kappa shape index (κ2) is 24.0. The number of nitrogens with two attached hydrogens (primary N) is 2. The van der Waals surface area contributed by atoms with E-state index in [1.807, 2.05) is 52.0 Å². The summed E-state index contributed by atoms with van der Waals surface area (Å²) in [6.45, 7) is 19.2. The minimum atomic E-state index is -0.425. The molecule has 0 bridgehead atoms. The van der Waals surface area contributed by atoms with Crippen molar-refractivity contribution in [2.45, 2.75) is 63.8 Å². The number of anilines is 6. The molecule has 0 saturated carbocycles. The molecular formula is C44H66BClN12O6PdS2. The molecule has 67 heavy (non-hydrogen) atoms. The molecule has 2 atom stereocenters. The Labute approximate surface area is 428 Å². The van der Waals surface area contributed by atoms with Gasteiger partial charge in [0.1, 0.15) is 23.3 Å². The quantitative estimate of drug-likeness (QED) is 0.130. The molecule has 5 fully saturated rings. The molecule has 5 saturated heterocycles. The van der Waals surface area contributed by atoms with Crippen molar-refractivity contribution in [2.75, 3.05) is 123 Å². The molecule has 2 unspecified atom stereocenters. The number of benzene rings is 1. The molecule has 4 N–H and O–H groups in total. The molecule has 4 aromatic rings. The predicted molar refractivity (Wildman–Crippen MR) is 272 cm³/mol. The predicted octanol–water partition coefficient (Wildman–Crippen LogP) is 3.53. The van der Waals surface area contributed by atoms with Gasteiger partial charge in [-0.2, -0.15) is 27.0 Å². The van der Waals surface area contributed by atoms with E-state index < -0.39 is 7.12 Å². The third kappa shape index (κ3) is 12.2. The van der Waals surface area contributed by atoms with Gasteiger partial charge in [0.15, 0.2) is 5.82 Å². The zero-order valence-corrected chi connectivity index (χ0v) is 43.6. The van der Waals surface area contributed by atoms with E-state index in [2.05, 4.69) is 39.5 Å². The average molecular weight is 1080 g/mol. The Balaban J connectivity index is 0.000000218. The monoisotopic (exact) mass is 1070 g/mol. The van der Waals surface area contributed by atoms with Gasteiger partial charge < -0.3 is 74.2 Å². The van der Waals surface area contributed by atoms with Gasteiger partial charge in [-0.05, 0) is 63.6 Å². The van der Waals surface area contributed by atoms with Crippen molar-refractivity contribution in [2.24, 2.45) is 0 Å². The summed E-state index contributed by atoms with van der Waals surface area (Å²) in [5.74, 6) is 5.12. The molecule has 3 aromatic heterocycles. The van der Waals surface area contributed by atoms with Gasteiger partial charge in [0.05, 0.1) is 76.1 Å². The van der Waals surface area contributed by atoms with Gasteiger partial charge in [-0.25, -0.2) is 29.9 Å². The summed E-state index contributed by atoms with van der Waals surface area (Å²) in [7, 11) is -0.425. The molecule has 23 heteroatoms. The molecular weight excluding hydrogens is 1010 g/mol. The van der Waals surface area contributed by atoms with E-state index in [-0.39, 0.29) is 79.4 Å². The van der Waals surface area contributed by atoms with Crippen LogP contribution in [0.5, 0.6) is 0 Å². The number of hydrogen-bond donors (Lipinski definition) is 2. The number of hydrogen-bond acceptors (Lipinski definition) is 18. The fourth-order valence-electron chi connectivity index (χ4n) is 8.70. The van der Waals surface area contributed by atoms with Gasteiger partial charge in [-0.3, -0.25) is 0 Å². The van der Waals surface area contributed by atoms with E-state index in [0.29, 0.717) is 17.4 Å². The minimum absolute atomic E-state index is 0. The van der Waals surface area contributed by atoms with Gasteiger partial charge in [-0.15, -0.1) is 0 Å². The van der Waals surface area contributed by atoms with Gasteiger partial charge in [0.2, 0.25) is 11.2 Å². The fourth-order valence-corrected chi connectivity index (χ4v) is 8.86. The van der Waals surface area contributed by atoms with Crippen LogP contribution in [0.3, 0.4) is 0 Å². The van der Waals surface area contributed by atoms with Crippen LogP contribution in [0.15, 0.2) is 36.7 Å². The second-order valence-corrected chi connectivity index (χ2v) is 17.7. The zero-order chi connectivity index (χ0) is 43.0. The largest absolute Gasteiger partial charge is 2.00 e. The first-order valence-corrected chi connectivity index (χ1v) is 21.9. The van der Waals surface area contributed by atoms with Crippen molar-refractivity contribution >= 4 is 86.1 Å². The molecule has 370 valence electrons. The fraction of sp³-hybridized carbons (Fsp3) is 0.545. The normalized spacial score (nSPS) is 21.6. The molecule has 7 aliphatic rings. The van der Waals surface area contributed by atoms with E-state index in [0.717, 1.165) is 151 Å². The molecule has 10 heterocycles. The molecule has 18 nitrogen and oxygen atoms in total. The molecule has 1 aromatic carbocycles. The number of ether oxygens (including phenoxy) is 4. The maximum absolute atomic E-state index is 6.14. The van der Waals surface area contributed by atoms with Crippen molar-refractivity contribution < 1.29 is 48.7 Å². The van der Waals surface area contributed by atoms with Crippen molar-refractivity contribution in [3.05, 3.63) is 67.9 Å². The zero-order valence-electron chi connectivity index (χ0n) is 39.3. The Morgan fingerprint density at radius 3 is 1.52 bits per heavy atom. The van der Waals surface area contributed by atoms with Crippen LogP contribution in [0, 0.1) is 14.9 Å². The van der Waals surface area contributed by atoms with Crippen LogP contribution in [-0.4, -0.2) is 152 Å². The molecule has 0 aliphatic carbocycles. The van der Waals surface area contributed by atoms with Crippen LogP contribution in [0.4, 0.5) is 34.9 Å². The Morgan fingerprint density at radius 2 is 1.03 bits per heavy atom. The van der Waals surface area contributed by atoms with E-state index in [4.69, 9.17) is 61.3 Å². The van der Waals surface area contributed by atoms with Crippen molar-refractivity contribution in [1.29, 1.82) is 0 Å². The number of fused-ring (bicyclic) bond motifs is 6. The first kappa shape index (κ1) is 56.3. The Hall–Kier alpha value is -3.26. The molecule has 0 amide bonds. The van der Waals surface area contributed by atoms with Crippen LogP contribution >= 0.6 is 38.6 Å². The molecule has 0 radical (unpaired) electrons. The number of halogens is 1.